The number of fused-ring (bicyclic) bond motifs is 1. The summed E-state index contributed by atoms with van der Waals surface area (Å²) in [6.07, 6.45) is 3.60. The van der Waals surface area contributed by atoms with Crippen molar-refractivity contribution in [2.45, 2.75) is 12.8 Å². The topological polar surface area (TPSA) is 45.2 Å². The Bertz CT molecular complexity index is 1010. The third-order valence-electron chi connectivity index (χ3n) is 4.58. The number of amides is 1. The Kier molecular flexibility index (Phi) is 4.54. The van der Waals surface area contributed by atoms with Crippen LogP contribution in [0.2, 0.25) is 0 Å². The van der Waals surface area contributed by atoms with Gasteiger partial charge >= 0.3 is 0 Å². The van der Waals surface area contributed by atoms with E-state index in [0.29, 0.717) is 0 Å². The highest BCUT2D eigenvalue weighted by Crippen LogP contribution is 2.33. The van der Waals surface area contributed by atoms with E-state index in [2.05, 4.69) is 27.3 Å². The van der Waals surface area contributed by atoms with Crippen LogP contribution in [0.3, 0.4) is 0 Å². The van der Waals surface area contributed by atoms with Crippen molar-refractivity contribution in [2.24, 2.45) is 0 Å². The Balaban J connectivity index is 1.61. The number of rotatable bonds is 3. The van der Waals surface area contributed by atoms with Crippen LogP contribution in [-0.2, 0) is 6.42 Å². The molecule has 1 N–H and O–H groups in total. The second-order valence-electron chi connectivity index (χ2n) is 6.36. The van der Waals surface area contributed by atoms with E-state index in [1.807, 2.05) is 18.2 Å². The van der Waals surface area contributed by atoms with Gasteiger partial charge in [0.05, 0.1) is 5.69 Å². The Morgan fingerprint density at radius 2 is 1.93 bits per heavy atom. The van der Waals surface area contributed by atoms with Gasteiger partial charge < -0.3 is 10.2 Å². The number of hydrogen-bond donors (Lipinski definition) is 1. The summed E-state index contributed by atoms with van der Waals surface area (Å²) in [6.45, 7) is 0.842. The van der Waals surface area contributed by atoms with Gasteiger partial charge in [0.25, 0.3) is 5.91 Å². The smallest absolute Gasteiger partial charge is 0.274 e. The van der Waals surface area contributed by atoms with Crippen molar-refractivity contribution in [3.8, 4) is 0 Å². The number of nitrogens with zero attached hydrogens (tertiary/aromatic N) is 2. The number of hydrogen-bond acceptors (Lipinski definition) is 3. The molecule has 0 saturated carbocycles. The van der Waals surface area contributed by atoms with Crippen molar-refractivity contribution in [1.29, 1.82) is 0 Å². The lowest BCUT2D eigenvalue weighted by atomic mass is 10.0. The van der Waals surface area contributed by atoms with Crippen LogP contribution in [0.4, 0.5) is 25.8 Å². The van der Waals surface area contributed by atoms with Crippen LogP contribution < -0.4 is 10.2 Å². The van der Waals surface area contributed by atoms with Gasteiger partial charge in [-0.2, -0.15) is 0 Å². The van der Waals surface area contributed by atoms with E-state index in [-0.39, 0.29) is 11.4 Å². The van der Waals surface area contributed by atoms with Crippen LogP contribution in [0.1, 0.15) is 22.5 Å². The van der Waals surface area contributed by atoms with Crippen molar-refractivity contribution in [1.82, 2.24) is 4.98 Å². The molecule has 0 unspecified atom stereocenters. The Hall–Kier alpha value is -3.28. The molecule has 2 heterocycles. The number of carbonyl (C=O) groups excluding carboxylic acids is 1. The normalized spacial score (nSPS) is 13.2. The number of anilines is 3. The molecule has 0 fully saturated rings. The molecule has 4 nitrogen and oxygen atoms in total. The van der Waals surface area contributed by atoms with Crippen LogP contribution in [0.5, 0.6) is 0 Å². The fourth-order valence-corrected chi connectivity index (χ4v) is 3.29. The molecule has 136 valence electrons. The molecule has 1 aromatic heterocycles. The zero-order valence-electron chi connectivity index (χ0n) is 14.5. The van der Waals surface area contributed by atoms with Crippen LogP contribution in [-0.4, -0.2) is 17.4 Å². The van der Waals surface area contributed by atoms with Crippen molar-refractivity contribution >= 4 is 23.0 Å². The molecule has 4 rings (SSSR count). The molecule has 2 aromatic carbocycles. The second-order valence-corrected chi connectivity index (χ2v) is 6.36. The number of pyridine rings is 1. The van der Waals surface area contributed by atoms with Gasteiger partial charge in [-0.05, 0) is 48.7 Å². The SMILES string of the molecule is O=C(Nc1ccc(F)cc1F)c1cc(N2CCCc3ccccc32)ccn1. The Labute approximate surface area is 155 Å². The lowest BCUT2D eigenvalue weighted by molar-refractivity contribution is 0.102. The standard InChI is InChI=1S/C21H17F2N3O/c22-15-7-8-18(17(23)12-15)25-21(27)19-13-16(9-10-24-19)26-11-3-5-14-4-1-2-6-20(14)26/h1-2,4,6-10,12-13H,3,5,11H2,(H,25,27). The number of para-hydroxylation sites is 1. The highest BCUT2D eigenvalue weighted by molar-refractivity contribution is 6.03. The maximum atomic E-state index is 13.8. The third kappa shape index (κ3) is 3.51. The second kappa shape index (κ2) is 7.15. The molecule has 6 heteroatoms. The van der Waals surface area contributed by atoms with Crippen molar-refractivity contribution in [2.75, 3.05) is 16.8 Å². The van der Waals surface area contributed by atoms with Gasteiger partial charge in [-0.1, -0.05) is 18.2 Å². The average molecular weight is 365 g/mol. The zero-order chi connectivity index (χ0) is 18.8. The predicted molar refractivity (Wildman–Crippen MR) is 100 cm³/mol. The van der Waals surface area contributed by atoms with E-state index < -0.39 is 17.5 Å². The zero-order valence-corrected chi connectivity index (χ0v) is 14.5. The lowest BCUT2D eigenvalue weighted by Gasteiger charge is -2.31. The van der Waals surface area contributed by atoms with Crippen molar-refractivity contribution in [3.05, 3.63) is 83.7 Å². The van der Waals surface area contributed by atoms with E-state index in [0.717, 1.165) is 42.9 Å². The largest absolute Gasteiger partial charge is 0.341 e. The lowest BCUT2D eigenvalue weighted by Crippen LogP contribution is -2.25. The van der Waals surface area contributed by atoms with Crippen LogP contribution in [0, 0.1) is 11.6 Å². The predicted octanol–water partition coefficient (Wildman–Crippen LogP) is 4.70. The highest BCUT2D eigenvalue weighted by atomic mass is 19.1. The number of aryl methyl sites for hydroxylation is 1. The first kappa shape index (κ1) is 17.1. The molecule has 0 radical (unpaired) electrons. The third-order valence-corrected chi connectivity index (χ3v) is 4.58. The number of carbonyl (C=O) groups is 1. The van der Waals surface area contributed by atoms with Crippen LogP contribution in [0.25, 0.3) is 0 Å². The van der Waals surface area contributed by atoms with Gasteiger partial charge in [0.1, 0.15) is 17.3 Å². The summed E-state index contributed by atoms with van der Waals surface area (Å²) in [7, 11) is 0. The van der Waals surface area contributed by atoms with E-state index in [1.54, 1.807) is 12.3 Å². The Morgan fingerprint density at radius 1 is 1.07 bits per heavy atom. The van der Waals surface area contributed by atoms with Gasteiger partial charge in [-0.25, -0.2) is 8.78 Å². The molecule has 1 aliphatic rings. The molecule has 1 aliphatic heterocycles. The monoisotopic (exact) mass is 365 g/mol. The van der Waals surface area contributed by atoms with E-state index in [9.17, 15) is 13.6 Å². The molecule has 0 aliphatic carbocycles. The summed E-state index contributed by atoms with van der Waals surface area (Å²) in [6, 6.07) is 14.7. The number of nitrogens with one attached hydrogen (secondary N) is 1. The summed E-state index contributed by atoms with van der Waals surface area (Å²) in [5.41, 5.74) is 3.31. The van der Waals surface area contributed by atoms with Gasteiger partial charge in [0, 0.05) is 30.2 Å². The molecule has 27 heavy (non-hydrogen) atoms. The molecule has 0 saturated heterocycles. The van der Waals surface area contributed by atoms with Gasteiger partial charge in [-0.3, -0.25) is 9.78 Å². The number of benzene rings is 2. The first-order chi connectivity index (χ1) is 13.1. The first-order valence-electron chi connectivity index (χ1n) is 8.70. The molecule has 1 amide bonds. The van der Waals surface area contributed by atoms with Crippen LogP contribution >= 0.6 is 0 Å². The summed E-state index contributed by atoms with van der Waals surface area (Å²) in [5, 5.41) is 2.44. The molecular formula is C21H17F2N3O. The highest BCUT2D eigenvalue weighted by Gasteiger charge is 2.19. The minimum atomic E-state index is -0.829. The van der Waals surface area contributed by atoms with Gasteiger partial charge in [0.15, 0.2) is 0 Å². The molecule has 0 spiro atoms. The minimum Gasteiger partial charge on any atom is -0.341 e. The van der Waals surface area contributed by atoms with E-state index in [1.165, 1.54) is 11.6 Å². The Morgan fingerprint density at radius 3 is 2.78 bits per heavy atom. The molecular weight excluding hydrogens is 348 g/mol. The molecule has 0 bridgehead atoms. The minimum absolute atomic E-state index is 0.0862. The molecule has 3 aromatic rings. The summed E-state index contributed by atoms with van der Waals surface area (Å²) in [4.78, 5) is 18.7. The van der Waals surface area contributed by atoms with Gasteiger partial charge in [0.2, 0.25) is 0 Å². The van der Waals surface area contributed by atoms with E-state index >= 15 is 0 Å². The van der Waals surface area contributed by atoms with Gasteiger partial charge in [-0.15, -0.1) is 0 Å². The fraction of sp³-hybridized carbons (Fsp3) is 0.143. The summed E-state index contributed by atoms with van der Waals surface area (Å²) in [5.74, 6) is -2.08. The number of aromatic nitrogens is 1. The number of halogens is 2. The van der Waals surface area contributed by atoms with Crippen molar-refractivity contribution < 1.29 is 13.6 Å². The van der Waals surface area contributed by atoms with Crippen LogP contribution in [0.15, 0.2) is 60.8 Å². The fourth-order valence-electron chi connectivity index (χ4n) is 3.29. The summed E-state index contributed by atoms with van der Waals surface area (Å²) < 4.78 is 26.8. The first-order valence-corrected chi connectivity index (χ1v) is 8.70. The van der Waals surface area contributed by atoms with Crippen molar-refractivity contribution in [3.63, 3.8) is 0 Å². The molecule has 0 atom stereocenters. The average Bonchev–Trinajstić information content (AvgIpc) is 2.69. The quantitative estimate of drug-likeness (QED) is 0.732. The summed E-state index contributed by atoms with van der Waals surface area (Å²) >= 11 is 0. The van der Waals surface area contributed by atoms with E-state index in [4.69, 9.17) is 0 Å². The maximum Gasteiger partial charge on any atom is 0.274 e. The maximum absolute atomic E-state index is 13.8.